The van der Waals surface area contributed by atoms with Crippen LogP contribution in [0.15, 0.2) is 48.5 Å². The number of fused-ring (bicyclic) bond motifs is 1. The summed E-state index contributed by atoms with van der Waals surface area (Å²) in [6, 6.07) is 16.8. The molecule has 3 heteroatoms. The summed E-state index contributed by atoms with van der Waals surface area (Å²) in [5.74, 6) is 0.277. The number of benzene rings is 2. The molecule has 0 saturated carbocycles. The number of ether oxygens (including phenoxy) is 1. The molecule has 0 bridgehead atoms. The van der Waals surface area contributed by atoms with Gasteiger partial charge < -0.3 is 9.64 Å². The molecule has 25 heavy (non-hydrogen) atoms. The van der Waals surface area contributed by atoms with Crippen LogP contribution in [-0.2, 0) is 27.9 Å². The molecular weight excluding hydrogens is 310 g/mol. The number of nitrogens with zero attached hydrogens (tertiary/aromatic N) is 1. The Morgan fingerprint density at radius 3 is 2.44 bits per heavy atom. The Labute approximate surface area is 149 Å². The van der Waals surface area contributed by atoms with Gasteiger partial charge in [0.05, 0.1) is 5.41 Å². The lowest BCUT2D eigenvalue weighted by atomic mass is 9.71. The summed E-state index contributed by atoms with van der Waals surface area (Å²) in [6.45, 7) is 4.97. The number of carbonyl (C=O) groups is 1. The van der Waals surface area contributed by atoms with Crippen molar-refractivity contribution in [1.82, 2.24) is 4.90 Å². The van der Waals surface area contributed by atoms with Gasteiger partial charge in [0.1, 0.15) is 0 Å². The number of hydrogen-bond donors (Lipinski definition) is 0. The molecule has 1 saturated heterocycles. The summed E-state index contributed by atoms with van der Waals surface area (Å²) in [6.07, 6.45) is 2.49. The van der Waals surface area contributed by atoms with Crippen molar-refractivity contribution in [3.05, 3.63) is 70.8 Å². The molecule has 0 unspecified atom stereocenters. The molecular formula is C22H25NO2. The van der Waals surface area contributed by atoms with E-state index in [0.717, 1.165) is 32.4 Å². The fourth-order valence-corrected chi connectivity index (χ4v) is 4.40. The molecule has 0 radical (unpaired) electrons. The summed E-state index contributed by atoms with van der Waals surface area (Å²) >= 11 is 0. The fourth-order valence-electron chi connectivity index (χ4n) is 4.40. The average molecular weight is 335 g/mol. The summed E-state index contributed by atoms with van der Waals surface area (Å²) in [5, 5.41) is 0. The van der Waals surface area contributed by atoms with E-state index < -0.39 is 5.41 Å². The fraction of sp³-hybridized carbons (Fsp3) is 0.409. The monoisotopic (exact) mass is 335 g/mol. The van der Waals surface area contributed by atoms with Crippen LogP contribution in [-0.4, -0.2) is 30.6 Å². The van der Waals surface area contributed by atoms with Gasteiger partial charge in [-0.15, -0.1) is 0 Å². The largest absolute Gasteiger partial charge is 0.381 e. The van der Waals surface area contributed by atoms with Crippen LogP contribution in [0.2, 0.25) is 0 Å². The van der Waals surface area contributed by atoms with Crippen molar-refractivity contribution in [3.8, 4) is 0 Å². The zero-order valence-electron chi connectivity index (χ0n) is 14.8. The van der Waals surface area contributed by atoms with E-state index in [2.05, 4.69) is 54.3 Å². The molecule has 4 rings (SSSR count). The lowest BCUT2D eigenvalue weighted by molar-refractivity contribution is -0.142. The number of rotatable bonds is 2. The van der Waals surface area contributed by atoms with Gasteiger partial charge in [-0.05, 0) is 48.4 Å². The Hall–Kier alpha value is -2.13. The first-order chi connectivity index (χ1) is 12.2. The van der Waals surface area contributed by atoms with E-state index in [-0.39, 0.29) is 5.91 Å². The molecule has 2 aromatic rings. The molecule has 130 valence electrons. The van der Waals surface area contributed by atoms with E-state index in [4.69, 9.17) is 4.74 Å². The number of carbonyl (C=O) groups excluding carboxylic acids is 1. The predicted molar refractivity (Wildman–Crippen MR) is 98.5 cm³/mol. The second kappa shape index (κ2) is 6.64. The maximum Gasteiger partial charge on any atom is 0.233 e. The first-order valence-corrected chi connectivity index (χ1v) is 9.21. The van der Waals surface area contributed by atoms with Gasteiger partial charge in [0.2, 0.25) is 5.91 Å². The van der Waals surface area contributed by atoms with Gasteiger partial charge in [0.25, 0.3) is 0 Å². The van der Waals surface area contributed by atoms with Gasteiger partial charge in [-0.3, -0.25) is 4.79 Å². The number of aryl methyl sites for hydroxylation is 1. The highest BCUT2D eigenvalue weighted by Gasteiger charge is 2.45. The zero-order valence-corrected chi connectivity index (χ0v) is 14.8. The van der Waals surface area contributed by atoms with Gasteiger partial charge in [0.15, 0.2) is 0 Å². The molecule has 1 fully saturated rings. The quantitative estimate of drug-likeness (QED) is 0.839. The smallest absolute Gasteiger partial charge is 0.233 e. The standard InChI is InChI=1S/C22H25NO2/c1-17-6-2-5-9-20(17)22(11-14-25-15-12-22)21(24)23-13-10-18-7-3-4-8-19(18)16-23/h2-9H,10-16H2,1H3. The second-order valence-electron chi connectivity index (χ2n) is 7.25. The van der Waals surface area contributed by atoms with Crippen LogP contribution < -0.4 is 0 Å². The van der Waals surface area contributed by atoms with E-state index in [0.29, 0.717) is 13.2 Å². The lowest BCUT2D eigenvalue weighted by Gasteiger charge is -2.42. The van der Waals surface area contributed by atoms with Crippen LogP contribution in [0.5, 0.6) is 0 Å². The number of amides is 1. The third kappa shape index (κ3) is 2.87. The molecule has 0 aliphatic carbocycles. The Morgan fingerprint density at radius 1 is 1.00 bits per heavy atom. The number of hydrogen-bond acceptors (Lipinski definition) is 2. The van der Waals surface area contributed by atoms with Crippen LogP contribution in [0, 0.1) is 6.92 Å². The molecule has 0 atom stereocenters. The lowest BCUT2D eigenvalue weighted by Crippen LogP contribution is -2.51. The molecule has 0 spiro atoms. The normalized spacial score (nSPS) is 19.3. The minimum atomic E-state index is -0.435. The molecule has 2 aliphatic heterocycles. The Morgan fingerprint density at radius 2 is 1.68 bits per heavy atom. The highest BCUT2D eigenvalue weighted by molar-refractivity contribution is 5.89. The molecule has 2 aromatic carbocycles. The van der Waals surface area contributed by atoms with Crippen molar-refractivity contribution in [1.29, 1.82) is 0 Å². The summed E-state index contributed by atoms with van der Waals surface area (Å²) in [4.78, 5) is 15.8. The van der Waals surface area contributed by atoms with Crippen LogP contribution in [0.25, 0.3) is 0 Å². The van der Waals surface area contributed by atoms with Crippen LogP contribution in [0.3, 0.4) is 0 Å². The van der Waals surface area contributed by atoms with E-state index in [1.54, 1.807) is 0 Å². The highest BCUT2D eigenvalue weighted by Crippen LogP contribution is 2.39. The first-order valence-electron chi connectivity index (χ1n) is 9.21. The zero-order chi connectivity index (χ0) is 17.3. The van der Waals surface area contributed by atoms with Crippen molar-refractivity contribution in [2.24, 2.45) is 0 Å². The van der Waals surface area contributed by atoms with Crippen molar-refractivity contribution in [2.45, 2.75) is 38.1 Å². The minimum Gasteiger partial charge on any atom is -0.381 e. The van der Waals surface area contributed by atoms with Gasteiger partial charge in [-0.1, -0.05) is 48.5 Å². The van der Waals surface area contributed by atoms with E-state index >= 15 is 0 Å². The SMILES string of the molecule is Cc1ccccc1C1(C(=O)N2CCc3ccccc3C2)CCOCC1. The summed E-state index contributed by atoms with van der Waals surface area (Å²) in [7, 11) is 0. The van der Waals surface area contributed by atoms with Gasteiger partial charge in [-0.2, -0.15) is 0 Å². The topological polar surface area (TPSA) is 29.5 Å². The summed E-state index contributed by atoms with van der Waals surface area (Å²) < 4.78 is 5.61. The van der Waals surface area contributed by atoms with E-state index in [1.807, 2.05) is 6.07 Å². The third-order valence-electron chi connectivity index (χ3n) is 5.83. The molecule has 1 amide bonds. The van der Waals surface area contributed by atoms with Crippen LogP contribution in [0.1, 0.15) is 35.1 Å². The Balaban J connectivity index is 1.69. The van der Waals surface area contributed by atoms with E-state index in [9.17, 15) is 4.79 Å². The summed E-state index contributed by atoms with van der Waals surface area (Å²) in [5.41, 5.74) is 4.62. The third-order valence-corrected chi connectivity index (χ3v) is 5.83. The van der Waals surface area contributed by atoms with Gasteiger partial charge in [0, 0.05) is 26.3 Å². The first kappa shape index (κ1) is 16.3. The highest BCUT2D eigenvalue weighted by atomic mass is 16.5. The Bertz CT molecular complexity index is 777. The van der Waals surface area contributed by atoms with Crippen molar-refractivity contribution < 1.29 is 9.53 Å². The van der Waals surface area contributed by atoms with Crippen LogP contribution >= 0.6 is 0 Å². The van der Waals surface area contributed by atoms with Crippen LogP contribution in [0.4, 0.5) is 0 Å². The van der Waals surface area contributed by atoms with Crippen molar-refractivity contribution in [3.63, 3.8) is 0 Å². The van der Waals surface area contributed by atoms with Gasteiger partial charge in [-0.25, -0.2) is 0 Å². The van der Waals surface area contributed by atoms with Crippen molar-refractivity contribution >= 4 is 5.91 Å². The maximum absolute atomic E-state index is 13.7. The predicted octanol–water partition coefficient (Wildman–Crippen LogP) is 3.63. The molecule has 0 N–H and O–H groups in total. The molecule has 3 nitrogen and oxygen atoms in total. The second-order valence-corrected chi connectivity index (χ2v) is 7.25. The minimum absolute atomic E-state index is 0.277. The molecule has 2 heterocycles. The molecule has 2 aliphatic rings. The maximum atomic E-state index is 13.7. The Kier molecular flexibility index (Phi) is 4.34. The van der Waals surface area contributed by atoms with Gasteiger partial charge >= 0.3 is 0 Å². The molecule has 0 aromatic heterocycles. The average Bonchev–Trinajstić information content (AvgIpc) is 2.68. The van der Waals surface area contributed by atoms with E-state index in [1.165, 1.54) is 22.3 Å². The van der Waals surface area contributed by atoms with Crippen molar-refractivity contribution in [2.75, 3.05) is 19.8 Å².